The first-order chi connectivity index (χ1) is 8.99. The molecule has 2 fully saturated rings. The van der Waals surface area contributed by atoms with E-state index < -0.39 is 11.7 Å². The molecule has 1 N–H and O–H groups in total. The molecule has 1 saturated heterocycles. The topological polar surface area (TPSA) is 29.5 Å². The van der Waals surface area contributed by atoms with E-state index in [-0.39, 0.29) is 20.1 Å². The minimum Gasteiger partial charge on any atom is -0.390 e. The summed E-state index contributed by atoms with van der Waals surface area (Å²) in [7, 11) is 0. The number of aliphatic hydroxyl groups is 1. The van der Waals surface area contributed by atoms with Gasteiger partial charge in [0, 0.05) is 9.65 Å². The fraction of sp³-hybridized carbons (Fsp3) is 1.00. The molecule has 0 amide bonds. The van der Waals surface area contributed by atoms with Crippen LogP contribution in [0.3, 0.4) is 0 Å². The third-order valence-corrected chi connectivity index (χ3v) is 8.84. The Bertz CT molecular complexity index is 375. The van der Waals surface area contributed by atoms with Crippen molar-refractivity contribution in [3.63, 3.8) is 0 Å². The van der Waals surface area contributed by atoms with E-state index in [9.17, 15) is 5.11 Å². The molecule has 0 spiro atoms. The van der Waals surface area contributed by atoms with Gasteiger partial charge in [0.05, 0.1) is 22.2 Å². The smallest absolute Gasteiger partial charge is 0.0948 e. The van der Waals surface area contributed by atoms with Crippen molar-refractivity contribution in [1.29, 1.82) is 0 Å². The number of alkyl halides is 3. The van der Waals surface area contributed by atoms with Gasteiger partial charge < -0.3 is 9.84 Å². The molecule has 1 saturated carbocycles. The second kappa shape index (κ2) is 5.67. The second-order valence-electron chi connectivity index (χ2n) is 7.33. The summed E-state index contributed by atoms with van der Waals surface area (Å²) < 4.78 is 6.38. The maximum Gasteiger partial charge on any atom is 0.0948 e. The fourth-order valence-corrected chi connectivity index (χ4v) is 4.84. The van der Waals surface area contributed by atoms with Gasteiger partial charge in [-0.1, -0.05) is 31.9 Å². The Morgan fingerprint density at radius 2 is 1.70 bits per heavy atom. The Morgan fingerprint density at radius 1 is 1.10 bits per heavy atom. The maximum absolute atomic E-state index is 10.6. The highest BCUT2D eigenvalue weighted by Crippen LogP contribution is 2.50. The molecule has 118 valence electrons. The average Bonchev–Trinajstić information content (AvgIpc) is 2.30. The summed E-state index contributed by atoms with van der Waals surface area (Å²) in [5.74, 6) is 0.327. The van der Waals surface area contributed by atoms with Crippen LogP contribution in [0.4, 0.5) is 0 Å². The molecule has 5 heteroatoms. The monoisotopic (exact) mass is 430 g/mol. The third kappa shape index (κ3) is 3.10. The molecule has 0 aromatic rings. The molecule has 1 unspecified atom stereocenters. The van der Waals surface area contributed by atoms with Crippen LogP contribution in [0.5, 0.6) is 0 Å². The molecule has 6 atom stereocenters. The number of ether oxygens (including phenoxy) is 1. The number of rotatable bonds is 1. The minimum atomic E-state index is -0.493. The van der Waals surface area contributed by atoms with Crippen LogP contribution in [0.1, 0.15) is 53.4 Å². The van der Waals surface area contributed by atoms with Gasteiger partial charge in [0.1, 0.15) is 0 Å². The lowest BCUT2D eigenvalue weighted by Crippen LogP contribution is -2.62. The van der Waals surface area contributed by atoms with Gasteiger partial charge in [-0.2, -0.15) is 0 Å². The Kier molecular flexibility index (Phi) is 4.96. The normalized spacial score (nSPS) is 52.8. The maximum atomic E-state index is 10.6. The Hall–Kier alpha value is 1.17. The van der Waals surface area contributed by atoms with E-state index in [4.69, 9.17) is 16.3 Å². The van der Waals surface area contributed by atoms with E-state index >= 15 is 0 Å². The van der Waals surface area contributed by atoms with Crippen LogP contribution in [-0.4, -0.2) is 36.9 Å². The Balaban J connectivity index is 2.18. The quantitative estimate of drug-likeness (QED) is 0.612. The lowest BCUT2D eigenvalue weighted by Gasteiger charge is -2.54. The number of hydrogen-bond donors (Lipinski definition) is 1. The summed E-state index contributed by atoms with van der Waals surface area (Å²) in [6, 6.07) is 0. The second-order valence-corrected chi connectivity index (χ2v) is 10.4. The van der Waals surface area contributed by atoms with Crippen molar-refractivity contribution in [2.45, 2.75) is 85.2 Å². The Labute approximate surface area is 144 Å². The molecular weight excluding hydrogens is 407 g/mol. The molecule has 2 aliphatic rings. The van der Waals surface area contributed by atoms with Gasteiger partial charge in [-0.25, -0.2) is 0 Å². The molecule has 0 aromatic carbocycles. The molecule has 1 aliphatic heterocycles. The standard InChI is InChI=1S/C15H25Br2ClO2/c1-13(2)10(16)8-12(19)15(4,20-13)9-5-6-14(3,18)11(17)7-9/h9-12,19H,5-8H2,1-4H3/t9?,10-,11+,12-,14+,15-/m0/s1. The molecule has 1 heterocycles. The van der Waals surface area contributed by atoms with Crippen molar-refractivity contribution in [1.82, 2.24) is 0 Å². The molecule has 2 rings (SSSR count). The number of hydrogen-bond acceptors (Lipinski definition) is 2. The molecule has 20 heavy (non-hydrogen) atoms. The van der Waals surface area contributed by atoms with Crippen LogP contribution in [0.2, 0.25) is 0 Å². The van der Waals surface area contributed by atoms with Crippen LogP contribution < -0.4 is 0 Å². The first kappa shape index (κ1) is 17.5. The van der Waals surface area contributed by atoms with Crippen molar-refractivity contribution in [2.75, 3.05) is 0 Å². The predicted octanol–water partition coefficient (Wildman–Crippen LogP) is 4.63. The highest BCUT2D eigenvalue weighted by atomic mass is 79.9. The zero-order valence-electron chi connectivity index (χ0n) is 12.6. The van der Waals surface area contributed by atoms with E-state index in [1.165, 1.54) is 0 Å². The molecular formula is C15H25Br2ClO2. The average molecular weight is 433 g/mol. The van der Waals surface area contributed by atoms with Crippen molar-refractivity contribution in [3.05, 3.63) is 0 Å². The molecule has 0 bridgehead atoms. The van der Waals surface area contributed by atoms with Gasteiger partial charge in [-0.15, -0.1) is 11.6 Å². The third-order valence-electron chi connectivity index (χ3n) is 5.27. The first-order valence-electron chi connectivity index (χ1n) is 7.34. The van der Waals surface area contributed by atoms with E-state index in [0.717, 1.165) is 25.7 Å². The van der Waals surface area contributed by atoms with Crippen LogP contribution >= 0.6 is 43.5 Å². The van der Waals surface area contributed by atoms with Gasteiger partial charge in [0.25, 0.3) is 0 Å². The lowest BCUT2D eigenvalue weighted by molar-refractivity contribution is -0.238. The van der Waals surface area contributed by atoms with Crippen molar-refractivity contribution in [3.8, 4) is 0 Å². The zero-order valence-corrected chi connectivity index (χ0v) is 16.6. The van der Waals surface area contributed by atoms with Gasteiger partial charge in [-0.05, 0) is 59.3 Å². The van der Waals surface area contributed by atoms with E-state index in [0.29, 0.717) is 5.92 Å². The van der Waals surface area contributed by atoms with Gasteiger partial charge in [-0.3, -0.25) is 0 Å². The largest absolute Gasteiger partial charge is 0.390 e. The van der Waals surface area contributed by atoms with Gasteiger partial charge in [0.15, 0.2) is 0 Å². The van der Waals surface area contributed by atoms with Gasteiger partial charge in [0.2, 0.25) is 0 Å². The predicted molar refractivity (Wildman–Crippen MR) is 91.2 cm³/mol. The fourth-order valence-electron chi connectivity index (χ4n) is 3.52. The van der Waals surface area contributed by atoms with Crippen LogP contribution in [-0.2, 0) is 4.74 Å². The lowest BCUT2D eigenvalue weighted by atomic mass is 9.69. The highest BCUT2D eigenvalue weighted by Gasteiger charge is 2.54. The van der Waals surface area contributed by atoms with Crippen LogP contribution in [0.25, 0.3) is 0 Å². The van der Waals surface area contributed by atoms with Crippen LogP contribution in [0.15, 0.2) is 0 Å². The summed E-state index contributed by atoms with van der Waals surface area (Å²) in [6.07, 6.45) is 3.17. The van der Waals surface area contributed by atoms with E-state index in [1.54, 1.807) is 0 Å². The Morgan fingerprint density at radius 3 is 2.25 bits per heavy atom. The number of halogens is 3. The van der Waals surface area contributed by atoms with Crippen molar-refractivity contribution >= 4 is 43.5 Å². The zero-order chi connectivity index (χ0) is 15.3. The summed E-state index contributed by atoms with van der Waals surface area (Å²) in [6.45, 7) is 8.34. The van der Waals surface area contributed by atoms with E-state index in [2.05, 4.69) is 59.6 Å². The van der Waals surface area contributed by atoms with Crippen molar-refractivity contribution < 1.29 is 9.84 Å². The van der Waals surface area contributed by atoms with Crippen molar-refractivity contribution in [2.24, 2.45) is 5.92 Å². The molecule has 0 aromatic heterocycles. The molecule has 0 radical (unpaired) electrons. The summed E-state index contributed by atoms with van der Waals surface area (Å²) in [5, 5.41) is 10.6. The molecule has 2 nitrogen and oxygen atoms in total. The van der Waals surface area contributed by atoms with Gasteiger partial charge >= 0.3 is 0 Å². The first-order valence-corrected chi connectivity index (χ1v) is 9.55. The minimum absolute atomic E-state index is 0.180. The summed E-state index contributed by atoms with van der Waals surface area (Å²) in [5.41, 5.74) is -0.759. The highest BCUT2D eigenvalue weighted by molar-refractivity contribution is 9.09. The summed E-state index contributed by atoms with van der Waals surface area (Å²) >= 11 is 13.9. The van der Waals surface area contributed by atoms with E-state index in [1.807, 2.05) is 0 Å². The molecule has 1 aliphatic carbocycles. The van der Waals surface area contributed by atoms with Crippen LogP contribution in [0, 0.1) is 5.92 Å². The summed E-state index contributed by atoms with van der Waals surface area (Å²) in [4.78, 5) is 0.243. The number of aliphatic hydroxyl groups excluding tert-OH is 1. The SMILES string of the molecule is CC1(C)O[C@@](C)(C2CC[C@@](C)(Cl)[C@H](Br)C2)[C@@H](O)C[C@@H]1Br.